The van der Waals surface area contributed by atoms with Crippen molar-refractivity contribution in [1.29, 1.82) is 5.41 Å². The third kappa shape index (κ3) is 6.55. The summed E-state index contributed by atoms with van der Waals surface area (Å²) < 4.78 is 5.53. The SMILES string of the molecule is N=C(N)N1CCC(CNC2CCC(CC(=O)C[C@H]3Cc4cccc(C(=O)O)c4OB3O)CC2)CC1. The molecule has 0 unspecified atom stereocenters. The van der Waals surface area contributed by atoms with Crippen molar-refractivity contribution in [2.24, 2.45) is 17.6 Å². The first-order valence-corrected chi connectivity index (χ1v) is 12.8. The molecule has 35 heavy (non-hydrogen) atoms. The maximum atomic E-state index is 12.8. The van der Waals surface area contributed by atoms with Crippen LogP contribution in [0.25, 0.3) is 0 Å². The first-order chi connectivity index (χ1) is 16.8. The molecule has 1 aromatic carbocycles. The second-order valence-electron chi connectivity index (χ2n) is 10.5. The number of benzene rings is 1. The van der Waals surface area contributed by atoms with E-state index in [4.69, 9.17) is 15.8 Å². The number of fused-ring (bicyclic) bond motifs is 1. The summed E-state index contributed by atoms with van der Waals surface area (Å²) in [4.78, 5) is 26.1. The van der Waals surface area contributed by atoms with E-state index in [2.05, 4.69) is 5.32 Å². The summed E-state index contributed by atoms with van der Waals surface area (Å²) in [5.74, 6) is 0.0960. The third-order valence-corrected chi connectivity index (χ3v) is 7.95. The molecular formula is C25H37BN4O5. The van der Waals surface area contributed by atoms with Crippen LogP contribution in [0, 0.1) is 17.2 Å². The van der Waals surface area contributed by atoms with Gasteiger partial charge < -0.3 is 30.7 Å². The van der Waals surface area contributed by atoms with Crippen molar-refractivity contribution in [2.45, 2.75) is 69.6 Å². The van der Waals surface area contributed by atoms with Crippen LogP contribution in [0.4, 0.5) is 0 Å². The van der Waals surface area contributed by atoms with E-state index in [-0.39, 0.29) is 35.3 Å². The van der Waals surface area contributed by atoms with Gasteiger partial charge >= 0.3 is 13.1 Å². The fraction of sp³-hybridized carbons (Fsp3) is 0.640. The van der Waals surface area contributed by atoms with Crippen LogP contribution in [-0.2, 0) is 11.2 Å². The molecule has 3 aliphatic rings. The molecule has 1 saturated heterocycles. The average Bonchev–Trinajstić information content (AvgIpc) is 2.84. The molecule has 2 heterocycles. The molecule has 10 heteroatoms. The molecule has 1 aliphatic carbocycles. The number of rotatable bonds is 8. The maximum Gasteiger partial charge on any atom is 0.526 e. The van der Waals surface area contributed by atoms with Crippen molar-refractivity contribution in [2.75, 3.05) is 19.6 Å². The number of ketones is 1. The van der Waals surface area contributed by atoms with E-state index in [0.717, 1.165) is 63.7 Å². The minimum Gasteiger partial charge on any atom is -0.535 e. The molecule has 2 aliphatic heterocycles. The van der Waals surface area contributed by atoms with E-state index < -0.39 is 13.1 Å². The summed E-state index contributed by atoms with van der Waals surface area (Å²) in [6.45, 7) is 2.73. The largest absolute Gasteiger partial charge is 0.535 e. The van der Waals surface area contributed by atoms with Gasteiger partial charge in [-0.15, -0.1) is 0 Å². The van der Waals surface area contributed by atoms with Crippen molar-refractivity contribution >= 4 is 24.8 Å². The molecule has 0 amide bonds. The molecule has 0 bridgehead atoms. The lowest BCUT2D eigenvalue weighted by Gasteiger charge is -2.34. The van der Waals surface area contributed by atoms with Crippen molar-refractivity contribution in [3.8, 4) is 5.75 Å². The van der Waals surface area contributed by atoms with Crippen LogP contribution in [0.5, 0.6) is 5.75 Å². The fourth-order valence-electron chi connectivity index (χ4n) is 5.81. The van der Waals surface area contributed by atoms with E-state index in [1.54, 1.807) is 12.1 Å². The van der Waals surface area contributed by atoms with Crippen LogP contribution < -0.4 is 15.7 Å². The summed E-state index contributed by atoms with van der Waals surface area (Å²) in [5.41, 5.74) is 6.34. The smallest absolute Gasteiger partial charge is 0.526 e. The number of carbonyl (C=O) groups excluding carboxylic acids is 1. The molecule has 0 aromatic heterocycles. The van der Waals surface area contributed by atoms with Gasteiger partial charge in [-0.2, -0.15) is 0 Å². The first-order valence-electron chi connectivity index (χ1n) is 12.8. The van der Waals surface area contributed by atoms with Gasteiger partial charge in [-0.1, -0.05) is 12.1 Å². The normalized spacial score (nSPS) is 25.0. The summed E-state index contributed by atoms with van der Waals surface area (Å²) in [7, 11) is -1.17. The molecule has 9 nitrogen and oxygen atoms in total. The lowest BCUT2D eigenvalue weighted by atomic mass is 9.64. The maximum absolute atomic E-state index is 12.8. The predicted octanol–water partition coefficient (Wildman–Crippen LogP) is 2.27. The minimum atomic E-state index is -1.17. The zero-order valence-electron chi connectivity index (χ0n) is 20.2. The standard InChI is InChI=1S/C25H37BN4O5/c27-25(28)30-10-8-17(9-11-30)15-29-20-6-4-16(5-7-20)12-21(31)14-19-13-18-2-1-3-22(24(32)33)23(18)35-26(19)34/h1-3,16-17,19-20,29,34H,4-15H2,(H3,27,28)(H,32,33)/t16?,19-,20?/m1/s1. The lowest BCUT2D eigenvalue weighted by molar-refractivity contribution is -0.120. The van der Waals surface area contributed by atoms with Crippen molar-refractivity contribution < 1.29 is 24.4 Å². The monoisotopic (exact) mass is 484 g/mol. The third-order valence-electron chi connectivity index (χ3n) is 7.95. The van der Waals surface area contributed by atoms with Gasteiger partial charge in [0.25, 0.3) is 0 Å². The van der Waals surface area contributed by atoms with Crippen molar-refractivity contribution in [3.63, 3.8) is 0 Å². The van der Waals surface area contributed by atoms with E-state index in [1.165, 1.54) is 6.07 Å². The topological polar surface area (TPSA) is 149 Å². The number of hydrogen-bond acceptors (Lipinski definition) is 6. The molecule has 0 radical (unpaired) electrons. The van der Waals surface area contributed by atoms with Crippen LogP contribution in [0.1, 0.15) is 67.3 Å². The van der Waals surface area contributed by atoms with Gasteiger partial charge in [0, 0.05) is 37.8 Å². The molecule has 4 rings (SSSR count). The molecule has 1 saturated carbocycles. The number of guanidine groups is 1. The highest BCUT2D eigenvalue weighted by molar-refractivity contribution is 6.47. The van der Waals surface area contributed by atoms with Crippen molar-refractivity contribution in [1.82, 2.24) is 10.2 Å². The summed E-state index contributed by atoms with van der Waals surface area (Å²) in [5, 5.41) is 31.0. The van der Waals surface area contributed by atoms with E-state index in [1.807, 2.05) is 4.90 Å². The Morgan fingerprint density at radius 1 is 1.11 bits per heavy atom. The predicted molar refractivity (Wildman–Crippen MR) is 134 cm³/mol. The first kappa shape index (κ1) is 25.5. The minimum absolute atomic E-state index is 0.0400. The van der Waals surface area contributed by atoms with Crippen LogP contribution in [0.2, 0.25) is 5.82 Å². The molecule has 190 valence electrons. The Balaban J connectivity index is 1.17. The number of nitrogens with two attached hydrogens (primary N) is 1. The fourth-order valence-corrected chi connectivity index (χ4v) is 5.81. The van der Waals surface area contributed by atoms with Gasteiger partial charge in [-0.05, 0) is 75.0 Å². The van der Waals surface area contributed by atoms with Crippen LogP contribution in [-0.4, -0.2) is 65.5 Å². The Labute approximate surface area is 207 Å². The second kappa shape index (κ2) is 11.4. The number of Topliss-reactive ketones (excluding diaryl/α,β-unsaturated/α-hetero) is 1. The molecule has 2 fully saturated rings. The van der Waals surface area contributed by atoms with Crippen molar-refractivity contribution in [3.05, 3.63) is 29.3 Å². The van der Waals surface area contributed by atoms with Crippen LogP contribution >= 0.6 is 0 Å². The Bertz CT molecular complexity index is 928. The number of aromatic carboxylic acids is 1. The van der Waals surface area contributed by atoms with Gasteiger partial charge in [-0.3, -0.25) is 10.2 Å². The van der Waals surface area contributed by atoms with Gasteiger partial charge in [0.05, 0.1) is 5.56 Å². The van der Waals surface area contributed by atoms with E-state index in [9.17, 15) is 19.7 Å². The Kier molecular flexibility index (Phi) is 8.33. The van der Waals surface area contributed by atoms with E-state index in [0.29, 0.717) is 30.7 Å². The Morgan fingerprint density at radius 3 is 2.49 bits per heavy atom. The van der Waals surface area contributed by atoms with Gasteiger partial charge in [0.15, 0.2) is 5.96 Å². The molecule has 1 atom stereocenters. The zero-order chi connectivity index (χ0) is 24.9. The number of carboxylic acid groups (broad SMARTS) is 1. The number of likely N-dealkylation sites (tertiary alicyclic amines) is 1. The summed E-state index contributed by atoms with van der Waals surface area (Å²) in [6, 6.07) is 5.43. The Morgan fingerprint density at radius 2 is 1.83 bits per heavy atom. The number of piperidine rings is 1. The van der Waals surface area contributed by atoms with Gasteiger partial charge in [-0.25, -0.2) is 4.79 Å². The summed E-state index contributed by atoms with van der Waals surface area (Å²) >= 11 is 0. The highest BCUT2D eigenvalue weighted by atomic mass is 16.5. The zero-order valence-corrected chi connectivity index (χ0v) is 20.2. The number of hydrogen-bond donors (Lipinski definition) is 5. The highest BCUT2D eigenvalue weighted by Gasteiger charge is 2.38. The number of carboxylic acids is 1. The number of para-hydroxylation sites is 1. The molecule has 6 N–H and O–H groups in total. The molecule has 0 spiro atoms. The quantitative estimate of drug-likeness (QED) is 0.214. The lowest BCUT2D eigenvalue weighted by Crippen LogP contribution is -2.45. The molecular weight excluding hydrogens is 447 g/mol. The Hall–Kier alpha value is -2.59. The van der Waals surface area contributed by atoms with Crippen LogP contribution in [0.3, 0.4) is 0 Å². The average molecular weight is 484 g/mol. The van der Waals surface area contributed by atoms with Gasteiger partial charge in [0.2, 0.25) is 0 Å². The number of nitrogens with zero attached hydrogens (tertiary/aromatic N) is 1. The van der Waals surface area contributed by atoms with Crippen LogP contribution in [0.15, 0.2) is 18.2 Å². The number of carbonyl (C=O) groups is 2. The van der Waals surface area contributed by atoms with E-state index >= 15 is 0 Å². The summed E-state index contributed by atoms with van der Waals surface area (Å²) in [6.07, 6.45) is 7.54. The second-order valence-corrected chi connectivity index (χ2v) is 10.5. The number of nitrogens with one attached hydrogen (secondary N) is 2. The molecule has 1 aromatic rings. The highest BCUT2D eigenvalue weighted by Crippen LogP contribution is 2.37. The van der Waals surface area contributed by atoms with Gasteiger partial charge in [0.1, 0.15) is 11.5 Å².